The van der Waals surface area contributed by atoms with Crippen molar-refractivity contribution in [3.05, 3.63) is 53.1 Å². The van der Waals surface area contributed by atoms with Crippen molar-refractivity contribution in [2.45, 2.75) is 13.0 Å². The largest absolute Gasteiger partial charge is 0.497 e. The van der Waals surface area contributed by atoms with Gasteiger partial charge in [0.1, 0.15) is 11.5 Å². The third kappa shape index (κ3) is 5.12. The summed E-state index contributed by atoms with van der Waals surface area (Å²) in [5.41, 5.74) is 0.738. The molecule has 0 heterocycles. The van der Waals surface area contributed by atoms with E-state index in [0.717, 1.165) is 0 Å². The highest BCUT2D eigenvalue weighted by Crippen LogP contribution is 2.23. The van der Waals surface area contributed by atoms with E-state index in [4.69, 9.17) is 25.8 Å². The topological polar surface area (TPSA) is 73.9 Å². The van der Waals surface area contributed by atoms with Crippen LogP contribution in [0.15, 0.2) is 42.5 Å². The molecule has 2 rings (SSSR count). The van der Waals surface area contributed by atoms with Crippen molar-refractivity contribution in [1.82, 2.24) is 0 Å². The summed E-state index contributed by atoms with van der Waals surface area (Å²) < 4.78 is 15.4. The number of anilines is 1. The second kappa shape index (κ2) is 8.39. The number of benzene rings is 2. The van der Waals surface area contributed by atoms with E-state index < -0.39 is 18.0 Å². The molecular formula is C18H18ClNO5. The highest BCUT2D eigenvalue weighted by atomic mass is 35.5. The molecule has 0 saturated carbocycles. The van der Waals surface area contributed by atoms with Crippen molar-refractivity contribution in [3.8, 4) is 11.5 Å². The maximum atomic E-state index is 12.3. The monoisotopic (exact) mass is 363 g/mol. The normalized spacial score (nSPS) is 11.4. The van der Waals surface area contributed by atoms with Gasteiger partial charge in [-0.3, -0.25) is 4.79 Å². The van der Waals surface area contributed by atoms with E-state index in [-0.39, 0.29) is 5.56 Å². The number of halogens is 1. The van der Waals surface area contributed by atoms with Crippen LogP contribution in [-0.4, -0.2) is 32.2 Å². The van der Waals surface area contributed by atoms with Crippen molar-refractivity contribution >= 4 is 29.2 Å². The quantitative estimate of drug-likeness (QED) is 0.794. The Morgan fingerprint density at radius 3 is 2.24 bits per heavy atom. The van der Waals surface area contributed by atoms with Gasteiger partial charge in [0.15, 0.2) is 6.10 Å². The second-order valence-electron chi connectivity index (χ2n) is 5.15. The predicted octanol–water partition coefficient (Wildman–Crippen LogP) is 3.54. The number of methoxy groups -OCH3 is 2. The summed E-state index contributed by atoms with van der Waals surface area (Å²) in [4.78, 5) is 24.4. The zero-order valence-electron chi connectivity index (χ0n) is 14.0. The Bertz CT molecular complexity index is 756. The van der Waals surface area contributed by atoms with Crippen LogP contribution in [0.4, 0.5) is 5.69 Å². The smallest absolute Gasteiger partial charge is 0.339 e. The van der Waals surface area contributed by atoms with Gasteiger partial charge < -0.3 is 19.5 Å². The second-order valence-corrected chi connectivity index (χ2v) is 5.58. The Hall–Kier alpha value is -2.73. The fraction of sp³-hybridized carbons (Fsp3) is 0.222. The van der Waals surface area contributed by atoms with E-state index in [1.54, 1.807) is 30.3 Å². The van der Waals surface area contributed by atoms with E-state index in [0.29, 0.717) is 22.2 Å². The number of carbonyl (C=O) groups is 2. The van der Waals surface area contributed by atoms with Crippen LogP contribution in [-0.2, 0) is 9.53 Å². The van der Waals surface area contributed by atoms with Gasteiger partial charge in [-0.1, -0.05) is 17.7 Å². The molecule has 0 aliphatic heterocycles. The van der Waals surface area contributed by atoms with E-state index >= 15 is 0 Å². The maximum Gasteiger partial charge on any atom is 0.339 e. The minimum absolute atomic E-state index is 0.221. The van der Waals surface area contributed by atoms with Crippen LogP contribution in [0.3, 0.4) is 0 Å². The molecule has 0 unspecified atom stereocenters. The lowest BCUT2D eigenvalue weighted by molar-refractivity contribution is -0.123. The molecule has 1 atom stereocenters. The van der Waals surface area contributed by atoms with Crippen molar-refractivity contribution < 1.29 is 23.8 Å². The lowest BCUT2D eigenvalue weighted by Gasteiger charge is -2.14. The first-order valence-corrected chi connectivity index (χ1v) is 7.81. The average Bonchev–Trinajstić information content (AvgIpc) is 2.61. The van der Waals surface area contributed by atoms with Gasteiger partial charge in [0.25, 0.3) is 5.91 Å². The first kappa shape index (κ1) is 18.6. The first-order chi connectivity index (χ1) is 11.9. The van der Waals surface area contributed by atoms with Crippen LogP contribution in [0, 0.1) is 0 Å². The van der Waals surface area contributed by atoms with Crippen LogP contribution < -0.4 is 14.8 Å². The molecule has 2 aromatic carbocycles. The summed E-state index contributed by atoms with van der Waals surface area (Å²) in [7, 11) is 2.95. The van der Waals surface area contributed by atoms with E-state index in [1.807, 2.05) is 0 Å². The molecule has 7 heteroatoms. The van der Waals surface area contributed by atoms with Gasteiger partial charge in [-0.05, 0) is 37.3 Å². The highest BCUT2D eigenvalue weighted by molar-refractivity contribution is 6.30. The highest BCUT2D eigenvalue weighted by Gasteiger charge is 2.20. The predicted molar refractivity (Wildman–Crippen MR) is 94.5 cm³/mol. The van der Waals surface area contributed by atoms with Gasteiger partial charge in [-0.15, -0.1) is 0 Å². The van der Waals surface area contributed by atoms with Crippen molar-refractivity contribution in [2.75, 3.05) is 19.5 Å². The third-order valence-electron chi connectivity index (χ3n) is 3.33. The summed E-state index contributed by atoms with van der Waals surface area (Å²) in [6.07, 6.45) is -0.997. The molecule has 0 aromatic heterocycles. The number of ether oxygens (including phenoxy) is 3. The molecule has 0 spiro atoms. The Kier molecular flexibility index (Phi) is 6.25. The average molecular weight is 364 g/mol. The van der Waals surface area contributed by atoms with Gasteiger partial charge in [0, 0.05) is 16.8 Å². The van der Waals surface area contributed by atoms with Crippen LogP contribution in [0.5, 0.6) is 11.5 Å². The van der Waals surface area contributed by atoms with Gasteiger partial charge in [0.2, 0.25) is 0 Å². The first-order valence-electron chi connectivity index (χ1n) is 7.43. The summed E-state index contributed by atoms with van der Waals surface area (Å²) in [5, 5.41) is 3.13. The number of hydrogen-bond donors (Lipinski definition) is 1. The Balaban J connectivity index is 2.05. The minimum atomic E-state index is -0.997. The molecule has 2 aromatic rings. The van der Waals surface area contributed by atoms with E-state index in [2.05, 4.69) is 5.32 Å². The Labute approximate surface area is 150 Å². The minimum Gasteiger partial charge on any atom is -0.497 e. The Morgan fingerprint density at radius 1 is 1.04 bits per heavy atom. The lowest BCUT2D eigenvalue weighted by atomic mass is 10.2. The molecule has 1 N–H and O–H groups in total. The SMILES string of the molecule is COc1cc(OC)cc(C(=O)O[C@H](C)C(=O)Nc2cccc(Cl)c2)c1. The van der Waals surface area contributed by atoms with Crippen LogP contribution in [0.1, 0.15) is 17.3 Å². The molecule has 0 bridgehead atoms. The van der Waals surface area contributed by atoms with Crippen LogP contribution >= 0.6 is 11.6 Å². The molecule has 0 aliphatic rings. The van der Waals surface area contributed by atoms with Crippen LogP contribution in [0.2, 0.25) is 5.02 Å². The third-order valence-corrected chi connectivity index (χ3v) is 3.57. The molecule has 0 fully saturated rings. The molecule has 1 amide bonds. The zero-order chi connectivity index (χ0) is 18.4. The number of nitrogens with one attached hydrogen (secondary N) is 1. The molecule has 0 saturated heterocycles. The van der Waals surface area contributed by atoms with Gasteiger partial charge in [-0.25, -0.2) is 4.79 Å². The molecule has 132 valence electrons. The van der Waals surface area contributed by atoms with Gasteiger partial charge >= 0.3 is 5.97 Å². The summed E-state index contributed by atoms with van der Waals surface area (Å²) in [6, 6.07) is 11.3. The van der Waals surface area contributed by atoms with Crippen molar-refractivity contribution in [2.24, 2.45) is 0 Å². The standard InChI is InChI=1S/C18H18ClNO5/c1-11(17(21)20-14-6-4-5-13(19)9-14)25-18(22)12-7-15(23-2)10-16(8-12)24-3/h4-11H,1-3H3,(H,20,21)/t11-/m1/s1. The van der Waals surface area contributed by atoms with Crippen molar-refractivity contribution in [3.63, 3.8) is 0 Å². The molecule has 6 nitrogen and oxygen atoms in total. The zero-order valence-corrected chi connectivity index (χ0v) is 14.8. The number of amides is 1. The maximum absolute atomic E-state index is 12.3. The number of hydrogen-bond acceptors (Lipinski definition) is 5. The fourth-order valence-electron chi connectivity index (χ4n) is 2.02. The summed E-state index contributed by atoms with van der Waals surface area (Å²) >= 11 is 5.87. The van der Waals surface area contributed by atoms with Crippen molar-refractivity contribution in [1.29, 1.82) is 0 Å². The van der Waals surface area contributed by atoms with Gasteiger partial charge in [0.05, 0.1) is 19.8 Å². The molecule has 0 radical (unpaired) electrons. The van der Waals surface area contributed by atoms with E-state index in [9.17, 15) is 9.59 Å². The number of rotatable bonds is 6. The van der Waals surface area contributed by atoms with Gasteiger partial charge in [-0.2, -0.15) is 0 Å². The van der Waals surface area contributed by atoms with E-state index in [1.165, 1.54) is 33.3 Å². The summed E-state index contributed by atoms with van der Waals surface area (Å²) in [6.45, 7) is 1.48. The molecule has 25 heavy (non-hydrogen) atoms. The summed E-state index contributed by atoms with van der Waals surface area (Å²) in [5.74, 6) is -0.235. The molecule has 0 aliphatic carbocycles. The molecular weight excluding hydrogens is 346 g/mol. The number of carbonyl (C=O) groups excluding carboxylic acids is 2. The number of esters is 1. The fourth-order valence-corrected chi connectivity index (χ4v) is 2.21. The van der Waals surface area contributed by atoms with Crippen LogP contribution in [0.25, 0.3) is 0 Å². The Morgan fingerprint density at radius 2 is 1.68 bits per heavy atom. The lowest BCUT2D eigenvalue weighted by Crippen LogP contribution is -2.30.